The monoisotopic (exact) mass is 347 g/mol. The number of carbonyl (C=O) groups excluding carboxylic acids is 1. The number of nitrogens with one attached hydrogen (secondary N) is 1. The molecule has 0 spiro atoms. The molecule has 2 aromatic heterocycles. The summed E-state index contributed by atoms with van der Waals surface area (Å²) in [6, 6.07) is 12.1. The first-order valence-electron chi connectivity index (χ1n) is 9.53. The van der Waals surface area contributed by atoms with Crippen molar-refractivity contribution in [2.45, 2.75) is 45.4 Å². The first-order chi connectivity index (χ1) is 12.7. The van der Waals surface area contributed by atoms with Gasteiger partial charge < -0.3 is 9.72 Å². The molecule has 2 heterocycles. The highest BCUT2D eigenvalue weighted by Gasteiger charge is 2.17. The molecule has 1 saturated carbocycles. The van der Waals surface area contributed by atoms with Crippen molar-refractivity contribution in [1.29, 1.82) is 0 Å². The summed E-state index contributed by atoms with van der Waals surface area (Å²) in [6.45, 7) is 2.07. The van der Waals surface area contributed by atoms with E-state index in [2.05, 4.69) is 29.4 Å². The Bertz CT molecular complexity index is 905. The van der Waals surface area contributed by atoms with Crippen molar-refractivity contribution in [3.63, 3.8) is 0 Å². The van der Waals surface area contributed by atoms with E-state index in [4.69, 9.17) is 0 Å². The van der Waals surface area contributed by atoms with Gasteiger partial charge in [0, 0.05) is 30.1 Å². The van der Waals surface area contributed by atoms with Gasteiger partial charge in [-0.05, 0) is 55.5 Å². The SMILES string of the molecule is Cc1ccn2cc(-c3ccc(NC(=O)CC4CCCCC4)cc3)nc2c1. The number of aryl methyl sites for hydroxylation is 1. The lowest BCUT2D eigenvalue weighted by Gasteiger charge is -2.20. The van der Waals surface area contributed by atoms with E-state index in [-0.39, 0.29) is 5.91 Å². The van der Waals surface area contributed by atoms with Gasteiger partial charge in [-0.2, -0.15) is 0 Å². The average molecular weight is 347 g/mol. The predicted molar refractivity (Wildman–Crippen MR) is 105 cm³/mol. The number of pyridine rings is 1. The Labute approximate surface area is 154 Å². The number of carbonyl (C=O) groups is 1. The summed E-state index contributed by atoms with van der Waals surface area (Å²) in [7, 11) is 0. The third-order valence-corrected chi connectivity index (χ3v) is 5.28. The zero-order chi connectivity index (χ0) is 17.9. The fourth-order valence-electron chi connectivity index (χ4n) is 3.81. The van der Waals surface area contributed by atoms with Crippen molar-refractivity contribution in [3.05, 3.63) is 54.4 Å². The zero-order valence-electron chi connectivity index (χ0n) is 15.2. The van der Waals surface area contributed by atoms with Gasteiger partial charge in [-0.15, -0.1) is 0 Å². The van der Waals surface area contributed by atoms with Crippen molar-refractivity contribution in [2.75, 3.05) is 5.32 Å². The molecule has 1 amide bonds. The van der Waals surface area contributed by atoms with Gasteiger partial charge in [0.1, 0.15) is 5.65 Å². The second kappa shape index (κ2) is 7.32. The molecule has 26 heavy (non-hydrogen) atoms. The number of hydrogen-bond acceptors (Lipinski definition) is 2. The molecule has 4 nitrogen and oxygen atoms in total. The molecular weight excluding hydrogens is 322 g/mol. The molecule has 0 saturated heterocycles. The van der Waals surface area contributed by atoms with Crippen LogP contribution in [0.2, 0.25) is 0 Å². The van der Waals surface area contributed by atoms with Crippen molar-refractivity contribution in [1.82, 2.24) is 9.38 Å². The molecule has 1 aliphatic rings. The maximum absolute atomic E-state index is 12.3. The number of imidazole rings is 1. The minimum Gasteiger partial charge on any atom is -0.326 e. The average Bonchev–Trinajstić information content (AvgIpc) is 3.06. The Kier molecular flexibility index (Phi) is 4.74. The third-order valence-electron chi connectivity index (χ3n) is 5.28. The van der Waals surface area contributed by atoms with Crippen LogP contribution in [0.4, 0.5) is 5.69 Å². The van der Waals surface area contributed by atoms with Crippen molar-refractivity contribution >= 4 is 17.2 Å². The highest BCUT2D eigenvalue weighted by molar-refractivity contribution is 5.91. The van der Waals surface area contributed by atoms with E-state index >= 15 is 0 Å². The maximum atomic E-state index is 12.3. The van der Waals surface area contributed by atoms with Crippen LogP contribution < -0.4 is 5.32 Å². The Morgan fingerprint density at radius 3 is 2.69 bits per heavy atom. The van der Waals surface area contributed by atoms with Crippen LogP contribution in [0.15, 0.2) is 48.8 Å². The standard InChI is InChI=1S/C22H25N3O/c1-16-11-12-25-15-20(24-21(25)13-16)18-7-9-19(10-8-18)23-22(26)14-17-5-3-2-4-6-17/h7-13,15,17H,2-6,14H2,1H3,(H,23,26). The number of benzene rings is 1. The fraction of sp³-hybridized carbons (Fsp3) is 0.364. The smallest absolute Gasteiger partial charge is 0.224 e. The summed E-state index contributed by atoms with van der Waals surface area (Å²) in [6.07, 6.45) is 11.0. The molecule has 1 aromatic carbocycles. The van der Waals surface area contributed by atoms with Crippen LogP contribution in [-0.2, 0) is 4.79 Å². The van der Waals surface area contributed by atoms with E-state index < -0.39 is 0 Å². The number of nitrogens with zero attached hydrogens (tertiary/aromatic N) is 2. The molecule has 4 heteroatoms. The normalized spacial score (nSPS) is 15.3. The Balaban J connectivity index is 1.43. The molecule has 4 rings (SSSR count). The van der Waals surface area contributed by atoms with Gasteiger partial charge in [-0.3, -0.25) is 4.79 Å². The van der Waals surface area contributed by atoms with E-state index in [1.54, 1.807) is 0 Å². The number of amides is 1. The molecular formula is C22H25N3O. The van der Waals surface area contributed by atoms with Crippen LogP contribution >= 0.6 is 0 Å². The molecule has 0 aliphatic heterocycles. The second-order valence-electron chi connectivity index (χ2n) is 7.43. The van der Waals surface area contributed by atoms with Gasteiger partial charge in [-0.25, -0.2) is 4.98 Å². The lowest BCUT2D eigenvalue weighted by Crippen LogP contribution is -2.18. The second-order valence-corrected chi connectivity index (χ2v) is 7.43. The van der Waals surface area contributed by atoms with Crippen LogP contribution in [-0.4, -0.2) is 15.3 Å². The Morgan fingerprint density at radius 2 is 1.92 bits per heavy atom. The lowest BCUT2D eigenvalue weighted by atomic mass is 9.87. The van der Waals surface area contributed by atoms with Crippen LogP contribution in [0.1, 0.15) is 44.1 Å². The van der Waals surface area contributed by atoms with E-state index in [9.17, 15) is 4.79 Å². The lowest BCUT2D eigenvalue weighted by molar-refractivity contribution is -0.117. The van der Waals surface area contributed by atoms with Crippen molar-refractivity contribution < 1.29 is 4.79 Å². The molecule has 0 unspecified atom stereocenters. The fourth-order valence-corrected chi connectivity index (χ4v) is 3.81. The van der Waals surface area contributed by atoms with Crippen LogP contribution in [0.5, 0.6) is 0 Å². The minimum absolute atomic E-state index is 0.132. The highest BCUT2D eigenvalue weighted by Crippen LogP contribution is 2.27. The molecule has 0 bridgehead atoms. The van der Waals surface area contributed by atoms with Crippen LogP contribution in [0, 0.1) is 12.8 Å². The van der Waals surface area contributed by atoms with Gasteiger partial charge in [0.25, 0.3) is 0 Å². The molecule has 1 aliphatic carbocycles. The number of anilines is 1. The predicted octanol–water partition coefficient (Wildman–Crippen LogP) is 5.22. The minimum atomic E-state index is 0.132. The molecule has 0 atom stereocenters. The van der Waals surface area contributed by atoms with Gasteiger partial charge >= 0.3 is 0 Å². The number of rotatable bonds is 4. The topological polar surface area (TPSA) is 46.4 Å². The van der Waals surface area contributed by atoms with Gasteiger partial charge in [0.2, 0.25) is 5.91 Å². The van der Waals surface area contributed by atoms with Gasteiger partial charge in [0.15, 0.2) is 0 Å². The summed E-state index contributed by atoms with van der Waals surface area (Å²) in [5, 5.41) is 3.04. The third kappa shape index (κ3) is 3.79. The summed E-state index contributed by atoms with van der Waals surface area (Å²) >= 11 is 0. The molecule has 3 aromatic rings. The highest BCUT2D eigenvalue weighted by atomic mass is 16.1. The van der Waals surface area contributed by atoms with E-state index in [1.165, 1.54) is 37.7 Å². The quantitative estimate of drug-likeness (QED) is 0.703. The van der Waals surface area contributed by atoms with Crippen LogP contribution in [0.25, 0.3) is 16.9 Å². The van der Waals surface area contributed by atoms with E-state index in [0.717, 1.165) is 22.6 Å². The van der Waals surface area contributed by atoms with Gasteiger partial charge in [-0.1, -0.05) is 31.4 Å². The first kappa shape index (κ1) is 16.8. The number of fused-ring (bicyclic) bond motifs is 1. The zero-order valence-corrected chi connectivity index (χ0v) is 15.2. The summed E-state index contributed by atoms with van der Waals surface area (Å²) in [5.74, 6) is 0.692. The number of aromatic nitrogens is 2. The van der Waals surface area contributed by atoms with Crippen molar-refractivity contribution in [2.24, 2.45) is 5.92 Å². The van der Waals surface area contributed by atoms with E-state index in [0.29, 0.717) is 12.3 Å². The molecule has 134 valence electrons. The van der Waals surface area contributed by atoms with Gasteiger partial charge in [0.05, 0.1) is 5.69 Å². The maximum Gasteiger partial charge on any atom is 0.224 e. The molecule has 0 radical (unpaired) electrons. The largest absolute Gasteiger partial charge is 0.326 e. The van der Waals surface area contributed by atoms with E-state index in [1.807, 2.05) is 41.1 Å². The Hall–Kier alpha value is -2.62. The van der Waals surface area contributed by atoms with Crippen molar-refractivity contribution in [3.8, 4) is 11.3 Å². The Morgan fingerprint density at radius 1 is 1.15 bits per heavy atom. The summed E-state index contributed by atoms with van der Waals surface area (Å²) in [4.78, 5) is 16.9. The molecule has 1 N–H and O–H groups in total. The molecule has 1 fully saturated rings. The summed E-state index contributed by atoms with van der Waals surface area (Å²) < 4.78 is 2.03. The summed E-state index contributed by atoms with van der Waals surface area (Å²) in [5.41, 5.74) is 5.00. The first-order valence-corrected chi connectivity index (χ1v) is 9.53. The van der Waals surface area contributed by atoms with Crippen LogP contribution in [0.3, 0.4) is 0 Å². The number of hydrogen-bond donors (Lipinski definition) is 1.